The van der Waals surface area contributed by atoms with Crippen LogP contribution in [0.15, 0.2) is 77.3 Å². The molecule has 2 N–H and O–H groups in total. The maximum Gasteiger partial charge on any atom is 0.264 e. The van der Waals surface area contributed by atoms with Gasteiger partial charge in [-0.25, -0.2) is 9.88 Å². The number of rotatable bonds is 2. The predicted octanol–water partition coefficient (Wildman–Crippen LogP) is 3.77. The first-order chi connectivity index (χ1) is 14.0. The molecule has 29 heavy (non-hydrogen) atoms. The molecule has 0 aliphatic carbocycles. The third kappa shape index (κ3) is 2.76. The molecular weight excluding hydrogens is 382 g/mol. The Kier molecular flexibility index (Phi) is 4.03. The fourth-order valence-corrected chi connectivity index (χ4v) is 4.87. The van der Waals surface area contributed by atoms with Gasteiger partial charge in [0.05, 0.1) is 22.7 Å². The van der Waals surface area contributed by atoms with Crippen molar-refractivity contribution >= 4 is 35.0 Å². The lowest BCUT2D eigenvalue weighted by Crippen LogP contribution is -2.31. The first kappa shape index (κ1) is 17.7. The average Bonchev–Trinajstić information content (AvgIpc) is 2.99. The summed E-state index contributed by atoms with van der Waals surface area (Å²) in [6.07, 6.45) is 0. The highest BCUT2D eigenvalue weighted by molar-refractivity contribution is 8.01. The van der Waals surface area contributed by atoms with E-state index in [1.54, 1.807) is 12.1 Å². The molecule has 1 aromatic heterocycles. The molecule has 5 rings (SSSR count). The Morgan fingerprint density at radius 3 is 2.41 bits per heavy atom. The van der Waals surface area contributed by atoms with Gasteiger partial charge in [0.2, 0.25) is 0 Å². The van der Waals surface area contributed by atoms with E-state index < -0.39 is 5.25 Å². The molecule has 0 radical (unpaired) electrons. The van der Waals surface area contributed by atoms with Crippen molar-refractivity contribution in [2.75, 3.05) is 4.90 Å². The minimum atomic E-state index is -0.671. The summed E-state index contributed by atoms with van der Waals surface area (Å²) in [5, 5.41) is -0.000615. The molecule has 0 bridgehead atoms. The zero-order valence-electron chi connectivity index (χ0n) is 15.6. The summed E-state index contributed by atoms with van der Waals surface area (Å²) in [4.78, 5) is 32.1. The maximum absolute atomic E-state index is 13.1. The highest BCUT2D eigenvalue weighted by Gasteiger charge is 2.49. The summed E-state index contributed by atoms with van der Waals surface area (Å²) >= 11 is 1.29. The van der Waals surface area contributed by atoms with Gasteiger partial charge in [0.15, 0.2) is 0 Å². The second-order valence-electron chi connectivity index (χ2n) is 7.05. The van der Waals surface area contributed by atoms with Crippen LogP contribution in [0.2, 0.25) is 0 Å². The highest BCUT2D eigenvalue weighted by atomic mass is 32.2. The number of nitrogens with zero attached hydrogens (tertiary/aromatic N) is 2. The Bertz CT molecular complexity index is 1190. The molecule has 2 amide bonds. The molecule has 0 spiro atoms. The molecule has 1 atom stereocenters. The smallest absolute Gasteiger partial charge is 0.264 e. The van der Waals surface area contributed by atoms with Gasteiger partial charge in [-0.15, -0.1) is 0 Å². The second-order valence-corrected chi connectivity index (χ2v) is 8.15. The molecule has 1 saturated heterocycles. The van der Waals surface area contributed by atoms with Crippen molar-refractivity contribution in [1.82, 2.24) is 4.98 Å². The van der Waals surface area contributed by atoms with Gasteiger partial charge in [0.25, 0.3) is 11.8 Å². The van der Waals surface area contributed by atoms with Crippen LogP contribution in [0, 0.1) is 6.92 Å². The Labute approximate surface area is 172 Å². The molecule has 6 heteroatoms. The number of anilines is 1. The largest absolute Gasteiger partial charge is 0.398 e. The molecule has 3 aromatic rings. The maximum atomic E-state index is 13.1. The number of hydrogen-bond acceptors (Lipinski definition) is 5. The number of aryl methyl sites for hydroxylation is 1. The van der Waals surface area contributed by atoms with Gasteiger partial charge >= 0.3 is 0 Å². The van der Waals surface area contributed by atoms with Crippen molar-refractivity contribution in [3.05, 3.63) is 83.4 Å². The Morgan fingerprint density at radius 2 is 1.69 bits per heavy atom. The molecule has 2 aliphatic heterocycles. The fraction of sp³-hybridized carbons (Fsp3) is 0.0870. The number of fused-ring (bicyclic) bond motifs is 2. The summed E-state index contributed by atoms with van der Waals surface area (Å²) in [7, 11) is 0. The number of thioether (sulfide) groups is 1. The van der Waals surface area contributed by atoms with E-state index in [1.807, 2.05) is 61.5 Å². The average molecular weight is 399 g/mol. The number of carbonyl (C=O) groups excluding carboxylic acids is 2. The number of pyridine rings is 1. The van der Waals surface area contributed by atoms with Crippen molar-refractivity contribution < 1.29 is 9.59 Å². The zero-order chi connectivity index (χ0) is 20.1. The van der Waals surface area contributed by atoms with Gasteiger partial charge in [0, 0.05) is 11.1 Å². The van der Waals surface area contributed by atoms with Gasteiger partial charge in [-0.05, 0) is 31.2 Å². The topological polar surface area (TPSA) is 76.3 Å². The second kappa shape index (κ2) is 6.60. The first-order valence-electron chi connectivity index (χ1n) is 9.22. The van der Waals surface area contributed by atoms with Crippen molar-refractivity contribution in [2.24, 2.45) is 5.73 Å². The SMILES string of the molecule is Cc1ccc(N2C(=O)C3=C(N)c4ccc(-c5ccccc5)nc4S[C@H]3C2=O)cc1. The van der Waals surface area contributed by atoms with Crippen LogP contribution in [0.4, 0.5) is 5.69 Å². The number of hydrogen-bond donors (Lipinski definition) is 1. The predicted molar refractivity (Wildman–Crippen MR) is 114 cm³/mol. The molecule has 3 heterocycles. The van der Waals surface area contributed by atoms with Crippen LogP contribution in [-0.4, -0.2) is 22.0 Å². The van der Waals surface area contributed by atoms with E-state index in [4.69, 9.17) is 10.7 Å². The Balaban J connectivity index is 1.57. The molecule has 0 unspecified atom stereocenters. The zero-order valence-corrected chi connectivity index (χ0v) is 16.4. The van der Waals surface area contributed by atoms with E-state index >= 15 is 0 Å². The van der Waals surface area contributed by atoms with E-state index in [-0.39, 0.29) is 11.8 Å². The number of benzene rings is 2. The number of amides is 2. The molecule has 2 aromatic carbocycles. The minimum Gasteiger partial charge on any atom is -0.398 e. The summed E-state index contributed by atoms with van der Waals surface area (Å²) in [5.41, 5.74) is 11.2. The van der Waals surface area contributed by atoms with Crippen molar-refractivity contribution in [3.63, 3.8) is 0 Å². The quantitative estimate of drug-likeness (QED) is 0.664. The van der Waals surface area contributed by atoms with Crippen LogP contribution in [0.1, 0.15) is 11.1 Å². The molecule has 2 aliphatic rings. The molecule has 0 saturated carbocycles. The minimum absolute atomic E-state index is 0.278. The van der Waals surface area contributed by atoms with Crippen molar-refractivity contribution in [3.8, 4) is 11.3 Å². The van der Waals surface area contributed by atoms with Gasteiger partial charge in [-0.2, -0.15) is 0 Å². The van der Waals surface area contributed by atoms with Crippen LogP contribution in [0.3, 0.4) is 0 Å². The van der Waals surface area contributed by atoms with Gasteiger partial charge in [0.1, 0.15) is 10.3 Å². The third-order valence-corrected chi connectivity index (χ3v) is 6.38. The van der Waals surface area contributed by atoms with Crippen LogP contribution in [0.25, 0.3) is 17.0 Å². The van der Waals surface area contributed by atoms with E-state index in [2.05, 4.69) is 0 Å². The summed E-state index contributed by atoms with van der Waals surface area (Å²) in [6.45, 7) is 1.96. The van der Waals surface area contributed by atoms with E-state index in [0.717, 1.165) is 16.8 Å². The van der Waals surface area contributed by atoms with E-state index in [9.17, 15) is 9.59 Å². The van der Waals surface area contributed by atoms with Crippen LogP contribution in [-0.2, 0) is 9.59 Å². The standard InChI is InChI=1S/C23H17N3O2S/c1-13-7-9-15(10-8-13)26-22(27)18-19(24)16-11-12-17(14-5-3-2-4-6-14)25-21(16)29-20(18)23(26)28/h2-12,20H,24H2,1H3/t20-/m1/s1. The van der Waals surface area contributed by atoms with Gasteiger partial charge in [-0.1, -0.05) is 59.8 Å². The van der Waals surface area contributed by atoms with Crippen molar-refractivity contribution in [2.45, 2.75) is 17.2 Å². The van der Waals surface area contributed by atoms with Crippen molar-refractivity contribution in [1.29, 1.82) is 0 Å². The number of imide groups is 1. The van der Waals surface area contributed by atoms with E-state index in [1.165, 1.54) is 16.7 Å². The lowest BCUT2D eigenvalue weighted by atomic mass is 10.0. The molecule has 142 valence electrons. The molecular formula is C23H17N3O2S. The van der Waals surface area contributed by atoms with Crippen LogP contribution >= 0.6 is 11.8 Å². The lowest BCUT2D eigenvalue weighted by Gasteiger charge is -2.20. The number of aromatic nitrogens is 1. The number of carbonyl (C=O) groups is 2. The van der Waals surface area contributed by atoms with Crippen LogP contribution < -0.4 is 10.6 Å². The molecule has 5 nitrogen and oxygen atoms in total. The molecule has 1 fully saturated rings. The number of nitrogens with two attached hydrogens (primary N) is 1. The fourth-order valence-electron chi connectivity index (χ4n) is 3.64. The summed E-state index contributed by atoms with van der Waals surface area (Å²) < 4.78 is 0. The Hall–Kier alpha value is -3.38. The van der Waals surface area contributed by atoms with Gasteiger partial charge in [-0.3, -0.25) is 9.59 Å². The monoisotopic (exact) mass is 399 g/mol. The van der Waals surface area contributed by atoms with Gasteiger partial charge < -0.3 is 5.73 Å². The summed E-state index contributed by atoms with van der Waals surface area (Å²) in [6, 6.07) is 20.9. The lowest BCUT2D eigenvalue weighted by molar-refractivity contribution is -0.120. The Morgan fingerprint density at radius 1 is 0.966 bits per heavy atom. The normalized spacial score (nSPS) is 18.1. The summed E-state index contributed by atoms with van der Waals surface area (Å²) in [5.74, 6) is -0.633. The highest BCUT2D eigenvalue weighted by Crippen LogP contribution is 2.45. The van der Waals surface area contributed by atoms with E-state index in [0.29, 0.717) is 27.5 Å². The first-order valence-corrected chi connectivity index (χ1v) is 10.1. The van der Waals surface area contributed by atoms with Crippen LogP contribution in [0.5, 0.6) is 0 Å². The third-order valence-electron chi connectivity index (χ3n) is 5.17.